The van der Waals surface area contributed by atoms with Crippen molar-refractivity contribution in [3.8, 4) is 5.75 Å². The molecular formula is C21H29NO7. The molecule has 0 unspecified atom stereocenters. The molecule has 1 aliphatic rings. The number of esters is 2. The third kappa shape index (κ3) is 6.37. The van der Waals surface area contributed by atoms with Gasteiger partial charge in [0, 0.05) is 13.8 Å². The van der Waals surface area contributed by atoms with E-state index in [2.05, 4.69) is 0 Å². The molecule has 0 aliphatic carbocycles. The molecule has 2 rings (SSSR count). The van der Waals surface area contributed by atoms with Gasteiger partial charge in [0.15, 0.2) is 12.2 Å². The van der Waals surface area contributed by atoms with Crippen LogP contribution in [0.3, 0.4) is 0 Å². The number of methoxy groups -OCH3 is 1. The van der Waals surface area contributed by atoms with Crippen LogP contribution in [0.2, 0.25) is 0 Å². The summed E-state index contributed by atoms with van der Waals surface area (Å²) in [4.78, 5) is 37.6. The highest BCUT2D eigenvalue weighted by Crippen LogP contribution is 2.29. The van der Waals surface area contributed by atoms with Gasteiger partial charge in [0.25, 0.3) is 0 Å². The molecule has 0 aromatic heterocycles. The summed E-state index contributed by atoms with van der Waals surface area (Å²) in [5, 5.41) is 0. The fourth-order valence-corrected chi connectivity index (χ4v) is 3.28. The number of benzene rings is 1. The summed E-state index contributed by atoms with van der Waals surface area (Å²) in [6.45, 7) is 7.95. The first-order chi connectivity index (χ1) is 13.5. The molecule has 1 aromatic carbocycles. The molecule has 1 heterocycles. The third-order valence-corrected chi connectivity index (χ3v) is 4.37. The van der Waals surface area contributed by atoms with Crippen molar-refractivity contribution in [2.45, 2.75) is 64.9 Å². The topological polar surface area (TPSA) is 91.4 Å². The van der Waals surface area contributed by atoms with Crippen LogP contribution in [0.5, 0.6) is 5.75 Å². The lowest BCUT2D eigenvalue weighted by Gasteiger charge is -2.30. The number of hydrogen-bond donors (Lipinski definition) is 0. The van der Waals surface area contributed by atoms with Gasteiger partial charge in [0.05, 0.1) is 19.7 Å². The van der Waals surface area contributed by atoms with Crippen LogP contribution >= 0.6 is 0 Å². The number of rotatable bonds is 5. The summed E-state index contributed by atoms with van der Waals surface area (Å²) in [5.74, 6) is -0.321. The highest BCUT2D eigenvalue weighted by atomic mass is 16.6. The lowest BCUT2D eigenvalue weighted by molar-refractivity contribution is -0.162. The van der Waals surface area contributed by atoms with Crippen LogP contribution in [-0.2, 0) is 30.2 Å². The minimum Gasteiger partial charge on any atom is -0.497 e. The second-order valence-electron chi connectivity index (χ2n) is 7.97. The summed E-state index contributed by atoms with van der Waals surface area (Å²) < 4.78 is 21.5. The van der Waals surface area contributed by atoms with E-state index in [0.29, 0.717) is 12.2 Å². The van der Waals surface area contributed by atoms with Gasteiger partial charge in [-0.05, 0) is 44.9 Å². The Balaban J connectivity index is 2.34. The van der Waals surface area contributed by atoms with Crippen LogP contribution in [0.4, 0.5) is 4.79 Å². The van der Waals surface area contributed by atoms with Crippen LogP contribution < -0.4 is 4.74 Å². The summed E-state index contributed by atoms with van der Waals surface area (Å²) in [6, 6.07) is 6.82. The average Bonchev–Trinajstić information content (AvgIpc) is 2.91. The number of amides is 1. The van der Waals surface area contributed by atoms with Gasteiger partial charge in [0.2, 0.25) is 0 Å². The molecule has 1 aliphatic heterocycles. The van der Waals surface area contributed by atoms with E-state index in [1.807, 2.05) is 24.3 Å². The Morgan fingerprint density at radius 3 is 2.10 bits per heavy atom. The second kappa shape index (κ2) is 9.15. The van der Waals surface area contributed by atoms with Crippen molar-refractivity contribution in [3.63, 3.8) is 0 Å². The zero-order chi connectivity index (χ0) is 21.8. The Labute approximate surface area is 171 Å². The highest BCUT2D eigenvalue weighted by Gasteiger charge is 2.49. The van der Waals surface area contributed by atoms with Gasteiger partial charge in [0.1, 0.15) is 11.4 Å². The molecule has 0 bridgehead atoms. The Bertz CT molecular complexity index is 738. The molecule has 29 heavy (non-hydrogen) atoms. The van der Waals surface area contributed by atoms with Gasteiger partial charge >= 0.3 is 18.0 Å². The first-order valence-electron chi connectivity index (χ1n) is 9.47. The summed E-state index contributed by atoms with van der Waals surface area (Å²) >= 11 is 0. The van der Waals surface area contributed by atoms with E-state index in [1.54, 1.807) is 27.9 Å². The number of nitrogens with zero attached hydrogens (tertiary/aromatic N) is 1. The van der Waals surface area contributed by atoms with E-state index in [1.165, 1.54) is 18.7 Å². The molecule has 3 atom stereocenters. The van der Waals surface area contributed by atoms with Crippen molar-refractivity contribution in [1.29, 1.82) is 0 Å². The monoisotopic (exact) mass is 407 g/mol. The molecule has 0 N–H and O–H groups in total. The van der Waals surface area contributed by atoms with E-state index in [-0.39, 0.29) is 6.54 Å². The summed E-state index contributed by atoms with van der Waals surface area (Å²) in [6.07, 6.45) is -1.74. The van der Waals surface area contributed by atoms with Crippen molar-refractivity contribution < 1.29 is 33.3 Å². The standard InChI is InChI=1S/C21H29NO7/c1-13(23)27-18-12-22(20(25)29-21(3,4)5)17(19(18)28-14(2)24)11-15-7-9-16(26-6)10-8-15/h7-10,17-19H,11-12H2,1-6H3/t17-,18+,19+/m1/s1. The van der Waals surface area contributed by atoms with Gasteiger partial charge in [-0.3, -0.25) is 14.5 Å². The largest absolute Gasteiger partial charge is 0.497 e. The molecule has 1 saturated heterocycles. The van der Waals surface area contributed by atoms with Crippen molar-refractivity contribution in [1.82, 2.24) is 4.90 Å². The minimum atomic E-state index is -0.800. The molecule has 0 spiro atoms. The molecule has 160 valence electrons. The average molecular weight is 407 g/mol. The van der Waals surface area contributed by atoms with Gasteiger partial charge in [-0.2, -0.15) is 0 Å². The maximum Gasteiger partial charge on any atom is 0.410 e. The van der Waals surface area contributed by atoms with E-state index < -0.39 is 41.9 Å². The second-order valence-corrected chi connectivity index (χ2v) is 7.97. The molecule has 1 aromatic rings. The first kappa shape index (κ1) is 22.5. The smallest absolute Gasteiger partial charge is 0.410 e. The lowest BCUT2D eigenvalue weighted by Crippen LogP contribution is -2.45. The van der Waals surface area contributed by atoms with Crippen molar-refractivity contribution >= 4 is 18.0 Å². The van der Waals surface area contributed by atoms with Crippen LogP contribution in [-0.4, -0.2) is 60.4 Å². The summed E-state index contributed by atoms with van der Waals surface area (Å²) in [5.41, 5.74) is 0.211. The lowest BCUT2D eigenvalue weighted by atomic mass is 10.0. The van der Waals surface area contributed by atoms with Crippen LogP contribution in [0.25, 0.3) is 0 Å². The third-order valence-electron chi connectivity index (χ3n) is 4.37. The minimum absolute atomic E-state index is 0.0766. The van der Waals surface area contributed by atoms with Crippen LogP contribution in [0.15, 0.2) is 24.3 Å². The molecule has 1 fully saturated rings. The Hall–Kier alpha value is -2.77. The molecule has 8 heteroatoms. The van der Waals surface area contributed by atoms with E-state index in [9.17, 15) is 14.4 Å². The first-order valence-corrected chi connectivity index (χ1v) is 9.47. The van der Waals surface area contributed by atoms with Gasteiger partial charge in [-0.25, -0.2) is 4.79 Å². The zero-order valence-electron chi connectivity index (χ0n) is 17.8. The number of hydrogen-bond acceptors (Lipinski definition) is 7. The maximum absolute atomic E-state index is 12.8. The highest BCUT2D eigenvalue weighted by molar-refractivity contribution is 5.71. The SMILES string of the molecule is COc1ccc(C[C@@H]2[C@H](OC(C)=O)[C@@H](OC(C)=O)CN2C(=O)OC(C)(C)C)cc1. The normalized spacial score (nSPS) is 21.4. The molecule has 0 radical (unpaired) electrons. The molecule has 1 amide bonds. The van der Waals surface area contributed by atoms with E-state index in [0.717, 1.165) is 5.56 Å². The van der Waals surface area contributed by atoms with Gasteiger partial charge in [-0.15, -0.1) is 0 Å². The van der Waals surface area contributed by atoms with Crippen molar-refractivity contribution in [3.05, 3.63) is 29.8 Å². The van der Waals surface area contributed by atoms with Crippen molar-refractivity contribution in [2.75, 3.05) is 13.7 Å². The predicted octanol–water partition coefficient (Wildman–Crippen LogP) is 2.72. The Morgan fingerprint density at radius 2 is 1.62 bits per heavy atom. The molecular weight excluding hydrogens is 378 g/mol. The zero-order valence-corrected chi connectivity index (χ0v) is 17.8. The Kier molecular flexibility index (Phi) is 7.11. The fourth-order valence-electron chi connectivity index (χ4n) is 3.28. The number of carbonyl (C=O) groups is 3. The quantitative estimate of drug-likeness (QED) is 0.547. The fraction of sp³-hybridized carbons (Fsp3) is 0.571. The van der Waals surface area contributed by atoms with Gasteiger partial charge < -0.3 is 18.9 Å². The van der Waals surface area contributed by atoms with E-state index >= 15 is 0 Å². The predicted molar refractivity (Wildman–Crippen MR) is 105 cm³/mol. The Morgan fingerprint density at radius 1 is 1.03 bits per heavy atom. The molecule has 0 saturated carbocycles. The van der Waals surface area contributed by atoms with Crippen molar-refractivity contribution in [2.24, 2.45) is 0 Å². The number of likely N-dealkylation sites (tertiary alicyclic amines) is 1. The maximum atomic E-state index is 12.8. The number of ether oxygens (including phenoxy) is 4. The van der Waals surface area contributed by atoms with Crippen LogP contribution in [0.1, 0.15) is 40.2 Å². The molecule has 8 nitrogen and oxygen atoms in total. The van der Waals surface area contributed by atoms with Gasteiger partial charge in [-0.1, -0.05) is 12.1 Å². The number of carbonyl (C=O) groups excluding carboxylic acids is 3. The van der Waals surface area contributed by atoms with Crippen LogP contribution in [0, 0.1) is 0 Å². The summed E-state index contributed by atoms with van der Waals surface area (Å²) in [7, 11) is 1.58. The van der Waals surface area contributed by atoms with E-state index in [4.69, 9.17) is 18.9 Å².